The number of anilines is 1. The van der Waals surface area contributed by atoms with Crippen LogP contribution in [0.2, 0.25) is 0 Å². The fraction of sp³-hybridized carbons (Fsp3) is 0.500. The largest absolute Gasteiger partial charge is 0.464 e. The molecule has 0 aromatic carbocycles. The molecule has 0 fully saturated rings. The quantitative estimate of drug-likeness (QED) is 0.800. The number of aromatic nitrogens is 1. The van der Waals surface area contributed by atoms with Crippen molar-refractivity contribution in [2.75, 3.05) is 25.5 Å². The van der Waals surface area contributed by atoms with Gasteiger partial charge in [0.2, 0.25) is 5.91 Å². The van der Waals surface area contributed by atoms with Gasteiger partial charge in [0, 0.05) is 25.0 Å². The van der Waals surface area contributed by atoms with Crippen molar-refractivity contribution in [2.45, 2.75) is 26.8 Å². The predicted octanol–water partition coefficient (Wildman–Crippen LogP) is 1.54. The van der Waals surface area contributed by atoms with Crippen molar-refractivity contribution in [1.82, 2.24) is 9.88 Å². The normalized spacial score (nSPS) is 11.6. The van der Waals surface area contributed by atoms with E-state index in [1.807, 2.05) is 13.8 Å². The number of rotatable bonds is 6. The van der Waals surface area contributed by atoms with Gasteiger partial charge in [0.05, 0.1) is 7.11 Å². The van der Waals surface area contributed by atoms with Crippen molar-refractivity contribution in [3.05, 3.63) is 24.0 Å². The number of nitrogens with one attached hydrogen (secondary N) is 1. The van der Waals surface area contributed by atoms with Crippen LogP contribution in [0.5, 0.6) is 0 Å². The van der Waals surface area contributed by atoms with Crippen molar-refractivity contribution < 1.29 is 14.3 Å². The standard InChI is InChI=1S/C14H21N3O3/c1-5-17(6-2)13(18)10(3)16-11-7-8-15-12(9-11)14(19)20-4/h7-10H,5-6H2,1-4H3,(H,15,16). The van der Waals surface area contributed by atoms with E-state index in [0.717, 1.165) is 0 Å². The Bertz CT molecular complexity index is 472. The minimum Gasteiger partial charge on any atom is -0.464 e. The molecule has 20 heavy (non-hydrogen) atoms. The number of carbonyl (C=O) groups excluding carboxylic acids is 2. The van der Waals surface area contributed by atoms with Crippen molar-refractivity contribution in [1.29, 1.82) is 0 Å². The van der Waals surface area contributed by atoms with Crippen LogP contribution in [-0.4, -0.2) is 48.0 Å². The molecule has 110 valence electrons. The Kier molecular flexibility index (Phi) is 5.96. The molecule has 0 saturated heterocycles. The number of ether oxygens (including phenoxy) is 1. The van der Waals surface area contributed by atoms with Gasteiger partial charge in [-0.15, -0.1) is 0 Å². The Labute approximate surface area is 119 Å². The maximum atomic E-state index is 12.1. The van der Waals surface area contributed by atoms with Crippen LogP contribution < -0.4 is 5.32 Å². The summed E-state index contributed by atoms with van der Waals surface area (Å²) >= 11 is 0. The molecule has 0 aliphatic heterocycles. The van der Waals surface area contributed by atoms with Gasteiger partial charge in [0.25, 0.3) is 0 Å². The minimum absolute atomic E-state index is 0.0198. The summed E-state index contributed by atoms with van der Waals surface area (Å²) in [6.07, 6.45) is 1.50. The van der Waals surface area contributed by atoms with E-state index in [4.69, 9.17) is 0 Å². The number of hydrogen-bond acceptors (Lipinski definition) is 5. The molecule has 1 heterocycles. The molecule has 0 bridgehead atoms. The lowest BCUT2D eigenvalue weighted by atomic mass is 10.2. The van der Waals surface area contributed by atoms with Crippen LogP contribution in [0.4, 0.5) is 5.69 Å². The van der Waals surface area contributed by atoms with Gasteiger partial charge in [-0.25, -0.2) is 9.78 Å². The first-order valence-electron chi connectivity index (χ1n) is 6.63. The highest BCUT2D eigenvalue weighted by Gasteiger charge is 2.18. The average molecular weight is 279 g/mol. The molecular weight excluding hydrogens is 258 g/mol. The molecular formula is C14H21N3O3. The first-order chi connectivity index (χ1) is 9.53. The number of carbonyl (C=O) groups is 2. The third-order valence-electron chi connectivity index (χ3n) is 2.98. The Morgan fingerprint density at radius 2 is 2.05 bits per heavy atom. The van der Waals surface area contributed by atoms with Crippen LogP contribution in [0.3, 0.4) is 0 Å². The number of esters is 1. The van der Waals surface area contributed by atoms with Crippen LogP contribution in [0.15, 0.2) is 18.3 Å². The third-order valence-corrected chi connectivity index (χ3v) is 2.98. The Hall–Kier alpha value is -2.11. The molecule has 0 aliphatic rings. The number of hydrogen-bond donors (Lipinski definition) is 1. The van der Waals surface area contributed by atoms with E-state index in [1.165, 1.54) is 13.3 Å². The molecule has 1 unspecified atom stereocenters. The molecule has 1 rings (SSSR count). The lowest BCUT2D eigenvalue weighted by Crippen LogP contribution is -2.41. The van der Waals surface area contributed by atoms with Gasteiger partial charge in [-0.05, 0) is 32.9 Å². The lowest BCUT2D eigenvalue weighted by molar-refractivity contribution is -0.131. The van der Waals surface area contributed by atoms with E-state index >= 15 is 0 Å². The van der Waals surface area contributed by atoms with Crippen LogP contribution in [0.1, 0.15) is 31.3 Å². The highest BCUT2D eigenvalue weighted by atomic mass is 16.5. The summed E-state index contributed by atoms with van der Waals surface area (Å²) in [5.74, 6) is -0.484. The maximum Gasteiger partial charge on any atom is 0.356 e. The average Bonchev–Trinajstić information content (AvgIpc) is 2.47. The molecule has 6 nitrogen and oxygen atoms in total. The number of methoxy groups -OCH3 is 1. The second kappa shape index (κ2) is 7.47. The highest BCUT2D eigenvalue weighted by Crippen LogP contribution is 2.11. The van der Waals surface area contributed by atoms with Crippen LogP contribution in [0, 0.1) is 0 Å². The highest BCUT2D eigenvalue weighted by molar-refractivity contribution is 5.89. The van der Waals surface area contributed by atoms with Gasteiger partial charge in [-0.2, -0.15) is 0 Å². The van der Waals surface area contributed by atoms with E-state index < -0.39 is 5.97 Å². The monoisotopic (exact) mass is 279 g/mol. The SMILES string of the molecule is CCN(CC)C(=O)C(C)Nc1ccnc(C(=O)OC)c1. The maximum absolute atomic E-state index is 12.1. The molecule has 0 radical (unpaired) electrons. The molecule has 1 amide bonds. The first-order valence-corrected chi connectivity index (χ1v) is 6.63. The summed E-state index contributed by atoms with van der Waals surface area (Å²) in [7, 11) is 1.30. The molecule has 1 atom stereocenters. The topological polar surface area (TPSA) is 71.5 Å². The van der Waals surface area contributed by atoms with E-state index in [-0.39, 0.29) is 17.6 Å². The van der Waals surface area contributed by atoms with Crippen LogP contribution >= 0.6 is 0 Å². The first kappa shape index (κ1) is 15.9. The number of nitrogens with zero attached hydrogens (tertiary/aromatic N) is 2. The molecule has 0 saturated carbocycles. The number of amides is 1. The summed E-state index contributed by atoms with van der Waals surface area (Å²) in [5.41, 5.74) is 0.869. The molecule has 0 spiro atoms. The molecule has 1 N–H and O–H groups in total. The van der Waals surface area contributed by atoms with E-state index in [9.17, 15) is 9.59 Å². The van der Waals surface area contributed by atoms with Gasteiger partial charge in [0.1, 0.15) is 11.7 Å². The van der Waals surface area contributed by atoms with Gasteiger partial charge in [-0.3, -0.25) is 4.79 Å². The van der Waals surface area contributed by atoms with Gasteiger partial charge in [-0.1, -0.05) is 0 Å². The van der Waals surface area contributed by atoms with Crippen molar-refractivity contribution in [3.63, 3.8) is 0 Å². The summed E-state index contributed by atoms with van der Waals surface area (Å²) in [6, 6.07) is 2.90. The van der Waals surface area contributed by atoms with Gasteiger partial charge < -0.3 is 15.0 Å². The van der Waals surface area contributed by atoms with Crippen molar-refractivity contribution in [3.8, 4) is 0 Å². The Morgan fingerprint density at radius 3 is 2.60 bits per heavy atom. The van der Waals surface area contributed by atoms with Crippen molar-refractivity contribution >= 4 is 17.6 Å². The summed E-state index contributed by atoms with van der Waals surface area (Å²) < 4.78 is 4.61. The van der Waals surface area contributed by atoms with Crippen LogP contribution in [-0.2, 0) is 9.53 Å². The molecule has 1 aromatic heterocycles. The zero-order valence-corrected chi connectivity index (χ0v) is 12.3. The van der Waals surface area contributed by atoms with E-state index in [2.05, 4.69) is 15.0 Å². The number of pyridine rings is 1. The van der Waals surface area contributed by atoms with E-state index in [1.54, 1.807) is 24.0 Å². The van der Waals surface area contributed by atoms with Crippen LogP contribution in [0.25, 0.3) is 0 Å². The smallest absolute Gasteiger partial charge is 0.356 e. The van der Waals surface area contributed by atoms with Gasteiger partial charge >= 0.3 is 5.97 Å². The zero-order chi connectivity index (χ0) is 15.1. The predicted molar refractivity (Wildman–Crippen MR) is 76.6 cm³/mol. The second-order valence-electron chi connectivity index (χ2n) is 4.30. The fourth-order valence-corrected chi connectivity index (χ4v) is 1.86. The van der Waals surface area contributed by atoms with Crippen molar-refractivity contribution in [2.24, 2.45) is 0 Å². The Morgan fingerprint density at radius 1 is 1.40 bits per heavy atom. The Balaban J connectivity index is 2.78. The minimum atomic E-state index is -0.503. The zero-order valence-electron chi connectivity index (χ0n) is 12.3. The summed E-state index contributed by atoms with van der Waals surface area (Å²) in [6.45, 7) is 7.01. The summed E-state index contributed by atoms with van der Waals surface area (Å²) in [4.78, 5) is 29.2. The third kappa shape index (κ3) is 3.94. The van der Waals surface area contributed by atoms with Gasteiger partial charge in [0.15, 0.2) is 0 Å². The molecule has 1 aromatic rings. The molecule has 0 aliphatic carbocycles. The fourth-order valence-electron chi connectivity index (χ4n) is 1.86. The molecule has 6 heteroatoms. The van der Waals surface area contributed by atoms with E-state index in [0.29, 0.717) is 18.8 Å². The number of likely N-dealkylation sites (N-methyl/N-ethyl adjacent to an activating group) is 1. The summed E-state index contributed by atoms with van der Waals surface area (Å²) in [5, 5.41) is 3.07. The second-order valence-corrected chi connectivity index (χ2v) is 4.30. The lowest BCUT2D eigenvalue weighted by Gasteiger charge is -2.24.